The van der Waals surface area contributed by atoms with Crippen LogP contribution in [0.2, 0.25) is 5.02 Å². The number of rotatable bonds is 9. The summed E-state index contributed by atoms with van der Waals surface area (Å²) in [5.74, 6) is -4.08. The first-order valence-electron chi connectivity index (χ1n) is 12.5. The number of ether oxygens (including phenoxy) is 1. The van der Waals surface area contributed by atoms with Crippen molar-refractivity contribution in [2.45, 2.75) is 45.2 Å². The topological polar surface area (TPSA) is 133 Å². The zero-order chi connectivity index (χ0) is 27.8. The molecule has 0 bridgehead atoms. The van der Waals surface area contributed by atoms with Gasteiger partial charge in [0.15, 0.2) is 0 Å². The van der Waals surface area contributed by atoms with Gasteiger partial charge in [0.05, 0.1) is 41.7 Å². The third kappa shape index (κ3) is 4.19. The van der Waals surface area contributed by atoms with Crippen LogP contribution in [-0.4, -0.2) is 70.7 Å². The van der Waals surface area contributed by atoms with Crippen LogP contribution >= 0.6 is 11.6 Å². The molecule has 202 valence electrons. The largest absolute Gasteiger partial charge is 0.481 e. The number of fused-ring (bicyclic) bond motifs is 1. The van der Waals surface area contributed by atoms with Crippen molar-refractivity contribution in [3.8, 4) is 0 Å². The highest BCUT2D eigenvalue weighted by Gasteiger charge is 2.65. The molecule has 0 aromatic heterocycles. The van der Waals surface area contributed by atoms with E-state index in [0.717, 1.165) is 4.90 Å². The van der Waals surface area contributed by atoms with Crippen LogP contribution in [0.15, 0.2) is 48.5 Å². The van der Waals surface area contributed by atoms with Gasteiger partial charge in [0.1, 0.15) is 0 Å². The Morgan fingerprint density at radius 3 is 2.13 bits per heavy atom. The summed E-state index contributed by atoms with van der Waals surface area (Å²) in [5, 5.41) is 24.5. The van der Waals surface area contributed by atoms with Crippen molar-refractivity contribution < 1.29 is 34.1 Å². The zero-order valence-corrected chi connectivity index (χ0v) is 22.2. The van der Waals surface area contributed by atoms with Gasteiger partial charge in [0, 0.05) is 23.0 Å². The second kappa shape index (κ2) is 10.5. The lowest BCUT2D eigenvalue weighted by Crippen LogP contribution is -2.70. The number of hydrogen-bond acceptors (Lipinski definition) is 6. The highest BCUT2D eigenvalue weighted by molar-refractivity contribution is 6.31. The van der Waals surface area contributed by atoms with Gasteiger partial charge in [0.2, 0.25) is 0 Å². The normalized spacial score (nSPS) is 28.8. The number of carbonyl (C=O) groups is 4. The summed E-state index contributed by atoms with van der Waals surface area (Å²) < 4.78 is 5.88. The monoisotopic (exact) mass is 542 g/mol. The molecule has 2 aromatic rings. The summed E-state index contributed by atoms with van der Waals surface area (Å²) in [6.07, 6.45) is 0.104. The lowest BCUT2D eigenvalue weighted by molar-refractivity contribution is -0.174. The Labute approximate surface area is 225 Å². The molecule has 38 heavy (non-hydrogen) atoms. The number of amides is 2. The van der Waals surface area contributed by atoms with Crippen molar-refractivity contribution in [3.05, 3.63) is 70.2 Å². The van der Waals surface area contributed by atoms with Gasteiger partial charge in [-0.25, -0.2) is 0 Å². The second-order valence-corrected chi connectivity index (χ2v) is 10.5. The zero-order valence-electron chi connectivity index (χ0n) is 21.4. The van der Waals surface area contributed by atoms with Gasteiger partial charge < -0.3 is 20.3 Å². The predicted octanol–water partition coefficient (Wildman–Crippen LogP) is 3.67. The van der Waals surface area contributed by atoms with Gasteiger partial charge >= 0.3 is 11.9 Å². The first-order chi connectivity index (χ1) is 18.0. The van der Waals surface area contributed by atoms with Crippen LogP contribution in [0.4, 0.5) is 0 Å². The minimum absolute atomic E-state index is 0.00159. The fourth-order valence-corrected chi connectivity index (χ4v) is 6.34. The SMILES string of the molecule is CC[C@@]1(C(=O)O)[C@H](COCCN2C(=O)c3ccccc3C2=O)N[C@H](C)[C@@](C)(C(=O)O)[C@@H]1c1ccccc1Cl. The summed E-state index contributed by atoms with van der Waals surface area (Å²) in [5.41, 5.74) is -1.96. The molecule has 0 unspecified atom stereocenters. The Morgan fingerprint density at radius 1 is 1.03 bits per heavy atom. The van der Waals surface area contributed by atoms with Crippen LogP contribution in [0.1, 0.15) is 59.4 Å². The van der Waals surface area contributed by atoms with E-state index in [2.05, 4.69) is 5.32 Å². The molecule has 2 aliphatic heterocycles. The van der Waals surface area contributed by atoms with Gasteiger partial charge in [-0.05, 0) is 44.0 Å². The Balaban J connectivity index is 1.61. The van der Waals surface area contributed by atoms with Crippen molar-refractivity contribution in [1.29, 1.82) is 0 Å². The molecule has 2 aromatic carbocycles. The van der Waals surface area contributed by atoms with E-state index in [9.17, 15) is 29.4 Å². The van der Waals surface area contributed by atoms with Crippen LogP contribution in [0.25, 0.3) is 0 Å². The van der Waals surface area contributed by atoms with Crippen LogP contribution in [0, 0.1) is 10.8 Å². The third-order valence-corrected chi connectivity index (χ3v) is 8.71. The van der Waals surface area contributed by atoms with Crippen molar-refractivity contribution in [2.75, 3.05) is 19.8 Å². The number of halogens is 1. The minimum Gasteiger partial charge on any atom is -0.481 e. The summed E-state index contributed by atoms with van der Waals surface area (Å²) in [6.45, 7) is 4.89. The van der Waals surface area contributed by atoms with Gasteiger partial charge in [-0.2, -0.15) is 0 Å². The average Bonchev–Trinajstić information content (AvgIpc) is 3.13. The van der Waals surface area contributed by atoms with E-state index in [0.29, 0.717) is 21.7 Å². The smallest absolute Gasteiger partial charge is 0.311 e. The fourth-order valence-electron chi connectivity index (χ4n) is 6.10. The van der Waals surface area contributed by atoms with E-state index in [1.165, 1.54) is 0 Å². The standard InChI is InChI=1S/C28H31ClN2O7/c1-4-28(26(36)37)21(15-38-14-13-31-23(32)17-9-5-6-10-18(17)24(31)33)30-16(2)27(3,25(34)35)22(28)19-11-7-8-12-20(19)29/h5-12,16,21-22,30H,4,13-15H2,1-3H3,(H,34,35)(H,36,37)/t16-,21+,22+,27-,28-/m1/s1. The molecule has 0 spiro atoms. The van der Waals surface area contributed by atoms with Gasteiger partial charge in [0.25, 0.3) is 11.8 Å². The van der Waals surface area contributed by atoms with E-state index < -0.39 is 52.6 Å². The van der Waals surface area contributed by atoms with Crippen LogP contribution in [0.3, 0.4) is 0 Å². The predicted molar refractivity (Wildman–Crippen MR) is 139 cm³/mol. The molecule has 9 nitrogen and oxygen atoms in total. The highest BCUT2D eigenvalue weighted by atomic mass is 35.5. The van der Waals surface area contributed by atoms with Crippen molar-refractivity contribution >= 4 is 35.4 Å². The number of benzene rings is 2. The summed E-state index contributed by atoms with van der Waals surface area (Å²) in [4.78, 5) is 52.2. The molecular weight excluding hydrogens is 512 g/mol. The Kier molecular flexibility index (Phi) is 7.65. The maximum absolute atomic E-state index is 13.1. The molecule has 5 atom stereocenters. The number of nitrogens with zero attached hydrogens (tertiary/aromatic N) is 1. The fraction of sp³-hybridized carbons (Fsp3) is 0.429. The molecule has 2 heterocycles. The quantitative estimate of drug-likeness (QED) is 0.323. The molecule has 1 fully saturated rings. The Bertz CT molecular complexity index is 1250. The lowest BCUT2D eigenvalue weighted by atomic mass is 9.51. The molecule has 2 amide bonds. The summed E-state index contributed by atoms with van der Waals surface area (Å²) in [6, 6.07) is 11.9. The van der Waals surface area contributed by atoms with E-state index in [-0.39, 0.29) is 26.2 Å². The van der Waals surface area contributed by atoms with E-state index in [1.54, 1.807) is 69.3 Å². The van der Waals surface area contributed by atoms with Gasteiger partial charge in [-0.15, -0.1) is 0 Å². The van der Waals surface area contributed by atoms with Crippen LogP contribution in [0.5, 0.6) is 0 Å². The molecule has 10 heteroatoms. The first-order valence-corrected chi connectivity index (χ1v) is 12.9. The lowest BCUT2D eigenvalue weighted by Gasteiger charge is -2.56. The highest BCUT2D eigenvalue weighted by Crippen LogP contribution is 2.58. The van der Waals surface area contributed by atoms with Crippen molar-refractivity contribution in [1.82, 2.24) is 10.2 Å². The van der Waals surface area contributed by atoms with Crippen LogP contribution < -0.4 is 5.32 Å². The molecule has 0 aliphatic carbocycles. The molecule has 1 saturated heterocycles. The first kappa shape index (κ1) is 27.8. The number of imide groups is 1. The van der Waals surface area contributed by atoms with E-state index >= 15 is 0 Å². The number of carboxylic acids is 2. The maximum atomic E-state index is 13.1. The number of nitrogens with one attached hydrogen (secondary N) is 1. The van der Waals surface area contributed by atoms with Crippen LogP contribution in [-0.2, 0) is 14.3 Å². The number of hydrogen-bond donors (Lipinski definition) is 3. The Hall–Kier alpha value is -3.27. The molecule has 0 saturated carbocycles. The second-order valence-electron chi connectivity index (χ2n) is 10.1. The molecule has 0 radical (unpaired) electrons. The number of carboxylic acid groups (broad SMARTS) is 2. The average molecular weight is 543 g/mol. The minimum atomic E-state index is -1.58. The van der Waals surface area contributed by atoms with E-state index in [4.69, 9.17) is 16.3 Å². The molecule has 4 rings (SSSR count). The third-order valence-electron chi connectivity index (χ3n) is 8.37. The molecule has 3 N–H and O–H groups in total. The van der Waals surface area contributed by atoms with Crippen molar-refractivity contribution in [2.24, 2.45) is 10.8 Å². The number of aliphatic carboxylic acids is 2. The van der Waals surface area contributed by atoms with Gasteiger partial charge in [-0.1, -0.05) is 48.9 Å². The maximum Gasteiger partial charge on any atom is 0.311 e. The number of piperidine rings is 1. The summed E-state index contributed by atoms with van der Waals surface area (Å²) >= 11 is 6.53. The van der Waals surface area contributed by atoms with E-state index in [1.807, 2.05) is 0 Å². The number of carbonyl (C=O) groups excluding carboxylic acids is 2. The van der Waals surface area contributed by atoms with Crippen molar-refractivity contribution in [3.63, 3.8) is 0 Å². The molecule has 2 aliphatic rings. The summed E-state index contributed by atoms with van der Waals surface area (Å²) in [7, 11) is 0. The molecular formula is C28H31ClN2O7. The van der Waals surface area contributed by atoms with Gasteiger partial charge in [-0.3, -0.25) is 24.1 Å². The Morgan fingerprint density at radius 2 is 1.61 bits per heavy atom.